The van der Waals surface area contributed by atoms with Gasteiger partial charge < -0.3 is 24.5 Å². The number of fused-ring (bicyclic) bond motifs is 2. The van der Waals surface area contributed by atoms with Crippen LogP contribution in [0.15, 0.2) is 59.8 Å². The molecule has 5 aromatic rings. The van der Waals surface area contributed by atoms with Gasteiger partial charge in [0.2, 0.25) is 5.82 Å². The third-order valence-electron chi connectivity index (χ3n) is 8.23. The Morgan fingerprint density at radius 2 is 1.98 bits per heavy atom. The van der Waals surface area contributed by atoms with Gasteiger partial charge >= 0.3 is 0 Å². The van der Waals surface area contributed by atoms with Gasteiger partial charge in [-0.3, -0.25) is 4.79 Å². The zero-order valence-corrected chi connectivity index (χ0v) is 25.4. The molecule has 0 bridgehead atoms. The Hall–Kier alpha value is -4.38. The summed E-state index contributed by atoms with van der Waals surface area (Å²) in [6.45, 7) is 6.79. The normalized spacial score (nSPS) is 16.4. The minimum absolute atomic E-state index is 0.0709. The van der Waals surface area contributed by atoms with Crippen LogP contribution in [0.2, 0.25) is 0 Å². The van der Waals surface area contributed by atoms with Gasteiger partial charge in [0.05, 0.1) is 22.6 Å². The Kier molecular flexibility index (Phi) is 8.96. The van der Waals surface area contributed by atoms with Gasteiger partial charge in [-0.05, 0) is 61.8 Å². The number of nitrogens with one attached hydrogen (secondary N) is 2. The topological polar surface area (TPSA) is 100 Å². The number of rotatable bonds is 7. The van der Waals surface area contributed by atoms with Crippen LogP contribution in [-0.2, 0) is 10.2 Å². The fraction of sp³-hybridized carbons (Fsp3) is 0.273. The van der Waals surface area contributed by atoms with Crippen LogP contribution in [0.5, 0.6) is 17.2 Å². The summed E-state index contributed by atoms with van der Waals surface area (Å²) in [6, 6.07) is 12.0. The number of ether oxygens (including phenoxy) is 2. The number of thioether (sulfide) groups is 1. The molecule has 0 fully saturated rings. The van der Waals surface area contributed by atoms with Crippen molar-refractivity contribution in [2.75, 3.05) is 12.9 Å². The molecule has 3 N–H and O–H groups in total. The van der Waals surface area contributed by atoms with E-state index >= 15 is 8.78 Å². The lowest BCUT2D eigenvalue weighted by Crippen LogP contribution is -2.32. The number of imidazole rings is 1. The third kappa shape index (κ3) is 5.40. The molecular weight excluding hydrogens is 591 g/mol. The number of hydrogen-bond donors (Lipinski definition) is 3. The predicted molar refractivity (Wildman–Crippen MR) is 164 cm³/mol. The Balaban J connectivity index is 0.00000123. The van der Waals surface area contributed by atoms with Gasteiger partial charge in [0.25, 0.3) is 6.47 Å². The van der Waals surface area contributed by atoms with Crippen LogP contribution in [0.25, 0.3) is 22.3 Å². The summed E-state index contributed by atoms with van der Waals surface area (Å²) < 4.78 is 57.0. The zero-order valence-electron chi connectivity index (χ0n) is 24.6. The standard InChI is InChI=1S/C32H30F3N3O2S.CH2O2/c1-5-17(2)19-7-6-8-22-28(19)39-14-12-32(22,3)24-16-37-31(38-24)21-15-18(9-10-23(21)33)40-29-26(35)25(34)27-20(11-13-36-27)30(29)41-4;2-1-3/h6-11,13,15-17,36H,5,12,14H2,1-4H3,(H,37,38);1H,(H,2,3). The Morgan fingerprint density at radius 3 is 2.70 bits per heavy atom. The highest BCUT2D eigenvalue weighted by molar-refractivity contribution is 7.99. The number of carbonyl (C=O) groups is 1. The number of halogens is 3. The highest BCUT2D eigenvalue weighted by atomic mass is 32.2. The average Bonchev–Trinajstić information content (AvgIpc) is 3.72. The number of para-hydroxylation sites is 1. The zero-order chi connectivity index (χ0) is 31.6. The van der Waals surface area contributed by atoms with Gasteiger partial charge in [0, 0.05) is 34.5 Å². The van der Waals surface area contributed by atoms with Crippen LogP contribution < -0.4 is 9.47 Å². The van der Waals surface area contributed by atoms with Crippen LogP contribution >= 0.6 is 11.8 Å². The lowest BCUT2D eigenvalue weighted by atomic mass is 9.74. The Labute approximate surface area is 256 Å². The molecule has 1 aliphatic heterocycles. The van der Waals surface area contributed by atoms with E-state index in [4.69, 9.17) is 19.4 Å². The van der Waals surface area contributed by atoms with E-state index in [9.17, 15) is 4.39 Å². The number of carboxylic acid groups (broad SMARTS) is 1. The van der Waals surface area contributed by atoms with E-state index in [1.54, 1.807) is 24.7 Å². The molecule has 3 heterocycles. The minimum Gasteiger partial charge on any atom is -0.493 e. The van der Waals surface area contributed by atoms with E-state index < -0.39 is 22.9 Å². The second kappa shape index (κ2) is 12.7. The van der Waals surface area contributed by atoms with Gasteiger partial charge in [-0.2, -0.15) is 4.39 Å². The van der Waals surface area contributed by atoms with Gasteiger partial charge in [-0.25, -0.2) is 13.8 Å². The first-order chi connectivity index (χ1) is 21.2. The van der Waals surface area contributed by atoms with E-state index in [1.165, 1.54) is 35.5 Å². The maximum atomic E-state index is 15.1. The first kappa shape index (κ1) is 31.1. The quantitative estimate of drug-likeness (QED) is 0.124. The minimum atomic E-state index is -1.11. The summed E-state index contributed by atoms with van der Waals surface area (Å²) in [5.41, 5.74) is 2.88. The summed E-state index contributed by atoms with van der Waals surface area (Å²) in [7, 11) is 0. The van der Waals surface area contributed by atoms with Gasteiger partial charge in [0.15, 0.2) is 11.6 Å². The summed E-state index contributed by atoms with van der Waals surface area (Å²) in [5.74, 6) is -1.18. The summed E-state index contributed by atoms with van der Waals surface area (Å²) in [5, 5.41) is 7.39. The molecule has 44 heavy (non-hydrogen) atoms. The SMILES string of the molecule is CCC(C)c1cccc2c1OCCC2(C)c1cnc(-c2cc(Oc3c(F)c(F)c4[nH]ccc4c3SC)ccc2F)[nH]1.O=CO. The van der Waals surface area contributed by atoms with E-state index in [-0.39, 0.29) is 29.1 Å². The molecule has 0 saturated heterocycles. The fourth-order valence-electron chi connectivity index (χ4n) is 5.60. The van der Waals surface area contributed by atoms with Crippen LogP contribution in [0, 0.1) is 17.5 Å². The van der Waals surface area contributed by atoms with Gasteiger partial charge in [-0.15, -0.1) is 11.8 Å². The van der Waals surface area contributed by atoms with E-state index in [0.717, 1.165) is 29.8 Å². The monoisotopic (exact) mass is 623 g/mol. The molecule has 2 atom stereocenters. The summed E-state index contributed by atoms with van der Waals surface area (Å²) >= 11 is 1.24. The second-order valence-electron chi connectivity index (χ2n) is 10.7. The number of nitrogens with zero attached hydrogens (tertiary/aromatic N) is 1. The van der Waals surface area contributed by atoms with Crippen molar-refractivity contribution in [2.45, 2.75) is 49.8 Å². The molecular formula is C33H32F3N3O4S. The molecule has 6 rings (SSSR count). The van der Waals surface area contributed by atoms with Crippen molar-refractivity contribution < 1.29 is 32.5 Å². The third-order valence-corrected chi connectivity index (χ3v) is 9.04. The molecule has 0 spiro atoms. The van der Waals surface area contributed by atoms with Gasteiger partial charge in [-0.1, -0.05) is 32.0 Å². The highest BCUT2D eigenvalue weighted by Crippen LogP contribution is 2.47. The van der Waals surface area contributed by atoms with Crippen LogP contribution in [0.3, 0.4) is 0 Å². The van der Waals surface area contributed by atoms with E-state index in [0.29, 0.717) is 28.6 Å². The molecule has 0 amide bonds. The molecule has 2 unspecified atom stereocenters. The second-order valence-corrected chi connectivity index (χ2v) is 11.5. The van der Waals surface area contributed by atoms with Crippen molar-refractivity contribution in [1.29, 1.82) is 0 Å². The molecule has 0 radical (unpaired) electrons. The largest absolute Gasteiger partial charge is 0.493 e. The van der Waals surface area contributed by atoms with Crippen LogP contribution in [-0.4, -0.2) is 39.4 Å². The van der Waals surface area contributed by atoms with Crippen molar-refractivity contribution in [2.24, 2.45) is 0 Å². The van der Waals surface area contributed by atoms with E-state index in [2.05, 4.69) is 53.9 Å². The number of hydrogen-bond acceptors (Lipinski definition) is 5. The smallest absolute Gasteiger partial charge is 0.290 e. The number of aromatic amines is 2. The molecule has 3 aromatic carbocycles. The van der Waals surface area contributed by atoms with Crippen LogP contribution in [0.4, 0.5) is 13.2 Å². The van der Waals surface area contributed by atoms with Crippen molar-refractivity contribution in [1.82, 2.24) is 15.0 Å². The molecule has 0 aliphatic carbocycles. The highest BCUT2D eigenvalue weighted by Gasteiger charge is 2.38. The van der Waals surface area contributed by atoms with Gasteiger partial charge in [0.1, 0.15) is 23.1 Å². The average molecular weight is 624 g/mol. The first-order valence-electron chi connectivity index (χ1n) is 14.1. The van der Waals surface area contributed by atoms with Crippen molar-refractivity contribution >= 4 is 29.1 Å². The molecule has 11 heteroatoms. The molecule has 2 aromatic heterocycles. The molecule has 7 nitrogen and oxygen atoms in total. The molecule has 230 valence electrons. The Bertz CT molecular complexity index is 1820. The number of H-pyrrole nitrogens is 2. The predicted octanol–water partition coefficient (Wildman–Crippen LogP) is 8.79. The van der Waals surface area contributed by atoms with Crippen molar-refractivity contribution in [3.8, 4) is 28.6 Å². The maximum Gasteiger partial charge on any atom is 0.290 e. The first-order valence-corrected chi connectivity index (χ1v) is 15.3. The van der Waals surface area contributed by atoms with Crippen molar-refractivity contribution in [3.63, 3.8) is 0 Å². The molecule has 0 saturated carbocycles. The summed E-state index contributed by atoms with van der Waals surface area (Å²) in [6.07, 6.45) is 6.75. The molecule has 1 aliphatic rings. The number of aromatic nitrogens is 3. The van der Waals surface area contributed by atoms with E-state index in [1.807, 2.05) is 0 Å². The lowest BCUT2D eigenvalue weighted by Gasteiger charge is -2.36. The van der Waals surface area contributed by atoms with Crippen molar-refractivity contribution in [3.05, 3.63) is 89.1 Å². The number of benzene rings is 3. The summed E-state index contributed by atoms with van der Waals surface area (Å²) in [4.78, 5) is 19.4. The lowest BCUT2D eigenvalue weighted by molar-refractivity contribution is -0.122. The Morgan fingerprint density at radius 1 is 1.20 bits per heavy atom. The maximum absolute atomic E-state index is 15.1. The van der Waals surface area contributed by atoms with Crippen LogP contribution in [0.1, 0.15) is 56.4 Å². The fourth-order valence-corrected chi connectivity index (χ4v) is 6.31.